The summed E-state index contributed by atoms with van der Waals surface area (Å²) >= 11 is 0. The van der Waals surface area contributed by atoms with Crippen LogP contribution in [0.2, 0.25) is 0 Å². The van der Waals surface area contributed by atoms with Gasteiger partial charge in [-0.05, 0) is 30.5 Å². The Kier molecular flexibility index (Phi) is 6.26. The number of nitrogens with one attached hydrogen (secondary N) is 1. The van der Waals surface area contributed by atoms with Gasteiger partial charge >= 0.3 is 0 Å². The number of ether oxygens (including phenoxy) is 1. The predicted octanol–water partition coefficient (Wildman–Crippen LogP) is 2.53. The summed E-state index contributed by atoms with van der Waals surface area (Å²) in [4.78, 5) is 30.8. The molecule has 31 heavy (non-hydrogen) atoms. The van der Waals surface area contributed by atoms with Crippen LogP contribution >= 0.6 is 0 Å². The Balaban J connectivity index is 1.36. The van der Waals surface area contributed by atoms with Crippen LogP contribution in [0.25, 0.3) is 0 Å². The smallest absolute Gasteiger partial charge is 0.274 e. The molecule has 2 aliphatic rings. The zero-order valence-corrected chi connectivity index (χ0v) is 16.8. The van der Waals surface area contributed by atoms with E-state index in [0.717, 1.165) is 5.56 Å². The number of hydrogen-bond acceptors (Lipinski definition) is 4. The summed E-state index contributed by atoms with van der Waals surface area (Å²) in [5, 5.41) is 2.24. The van der Waals surface area contributed by atoms with Crippen molar-refractivity contribution in [1.82, 2.24) is 19.8 Å². The lowest BCUT2D eigenvalue weighted by Gasteiger charge is -2.31. The maximum absolute atomic E-state index is 13.2. The van der Waals surface area contributed by atoms with E-state index in [2.05, 4.69) is 10.3 Å². The van der Waals surface area contributed by atoms with Crippen LogP contribution in [-0.2, 0) is 22.7 Å². The molecule has 0 aliphatic carbocycles. The molecule has 0 unspecified atom stereocenters. The fraction of sp³-hybridized carbons (Fsp3) is 0.476. The lowest BCUT2D eigenvalue weighted by Crippen LogP contribution is -2.44. The molecule has 1 N–H and O–H groups in total. The van der Waals surface area contributed by atoms with Gasteiger partial charge in [0.05, 0.1) is 31.7 Å². The normalized spacial score (nSPS) is 19.4. The van der Waals surface area contributed by atoms with Gasteiger partial charge in [-0.25, -0.2) is 18.2 Å². The van der Waals surface area contributed by atoms with Crippen molar-refractivity contribution in [3.05, 3.63) is 53.4 Å². The van der Waals surface area contributed by atoms with Gasteiger partial charge < -0.3 is 19.5 Å². The molecule has 2 aliphatic heterocycles. The first kappa shape index (κ1) is 21.4. The number of amides is 2. The number of halogens is 3. The van der Waals surface area contributed by atoms with Crippen LogP contribution in [0.5, 0.6) is 0 Å². The summed E-state index contributed by atoms with van der Waals surface area (Å²) in [7, 11) is 0. The molecule has 0 saturated carbocycles. The molecule has 166 valence electrons. The minimum atomic E-state index is -2.58. The molecule has 7 nitrogen and oxygen atoms in total. The van der Waals surface area contributed by atoms with E-state index in [0.29, 0.717) is 43.9 Å². The van der Waals surface area contributed by atoms with Crippen LogP contribution in [0.1, 0.15) is 40.7 Å². The van der Waals surface area contributed by atoms with Crippen molar-refractivity contribution in [1.29, 1.82) is 0 Å². The van der Waals surface area contributed by atoms with E-state index in [1.165, 1.54) is 12.1 Å². The number of carbonyl (C=O) groups excluding carboxylic acids is 2. The van der Waals surface area contributed by atoms with Crippen LogP contribution in [0.4, 0.5) is 13.2 Å². The van der Waals surface area contributed by atoms with Crippen LogP contribution in [-0.4, -0.2) is 52.3 Å². The second-order valence-corrected chi connectivity index (χ2v) is 7.75. The number of imidazole rings is 1. The lowest BCUT2D eigenvalue weighted by molar-refractivity contribution is -0.126. The number of benzene rings is 1. The quantitative estimate of drug-likeness (QED) is 0.782. The first-order chi connectivity index (χ1) is 14.9. The molecule has 0 radical (unpaired) electrons. The Labute approximate surface area is 177 Å². The van der Waals surface area contributed by atoms with Crippen molar-refractivity contribution in [2.45, 2.75) is 38.5 Å². The van der Waals surface area contributed by atoms with Gasteiger partial charge in [0.2, 0.25) is 5.91 Å². The van der Waals surface area contributed by atoms with Gasteiger partial charge in [0.15, 0.2) is 5.69 Å². The Morgan fingerprint density at radius 3 is 2.58 bits per heavy atom. The molecular formula is C21H23F3N4O3. The van der Waals surface area contributed by atoms with Crippen LogP contribution in [0, 0.1) is 11.7 Å². The Bertz CT molecular complexity index is 940. The molecule has 2 aromatic rings. The number of nitrogens with zero attached hydrogens (tertiary/aromatic N) is 3. The molecule has 4 rings (SSSR count). The average molecular weight is 436 g/mol. The minimum Gasteiger partial charge on any atom is -0.365 e. The van der Waals surface area contributed by atoms with Crippen molar-refractivity contribution in [3.63, 3.8) is 0 Å². The number of piperidine rings is 1. The van der Waals surface area contributed by atoms with E-state index in [-0.39, 0.29) is 30.4 Å². The number of carbonyl (C=O) groups is 2. The summed E-state index contributed by atoms with van der Waals surface area (Å²) < 4.78 is 45.4. The summed E-state index contributed by atoms with van der Waals surface area (Å²) in [5.74, 6) is -1.32. The Morgan fingerprint density at radius 1 is 1.19 bits per heavy atom. The van der Waals surface area contributed by atoms with Gasteiger partial charge in [-0.3, -0.25) is 9.59 Å². The molecule has 1 atom stereocenters. The van der Waals surface area contributed by atoms with E-state index in [1.807, 2.05) is 4.57 Å². The maximum atomic E-state index is 13.2. The molecule has 1 fully saturated rings. The van der Waals surface area contributed by atoms with E-state index >= 15 is 0 Å². The first-order valence-electron chi connectivity index (χ1n) is 10.2. The average Bonchev–Trinajstić information content (AvgIpc) is 3.21. The number of fused-ring (bicyclic) bond motifs is 1. The van der Waals surface area contributed by atoms with Crippen molar-refractivity contribution in [2.24, 2.45) is 5.92 Å². The largest absolute Gasteiger partial charge is 0.365 e. The molecule has 0 spiro atoms. The highest BCUT2D eigenvalue weighted by Gasteiger charge is 2.32. The molecule has 1 aromatic carbocycles. The monoisotopic (exact) mass is 436 g/mol. The second-order valence-electron chi connectivity index (χ2n) is 7.75. The zero-order valence-electron chi connectivity index (χ0n) is 16.8. The predicted molar refractivity (Wildman–Crippen MR) is 104 cm³/mol. The van der Waals surface area contributed by atoms with E-state index < -0.39 is 18.9 Å². The number of likely N-dealkylation sites (tertiary alicyclic amines) is 1. The molecule has 1 saturated heterocycles. The Morgan fingerprint density at radius 2 is 1.90 bits per heavy atom. The number of hydrogen-bond donors (Lipinski definition) is 1. The standard InChI is InChI=1S/C21H23F3N4O3/c22-15-3-1-13(2-4-15)17-10-28-12-26-19(16(28)11-31-17)21(30)27-7-5-14(6-8-27)20(29)25-9-18(23)24/h1-4,12,14,17-18H,5-11H2,(H,25,29)/t17-/m0/s1. The van der Waals surface area contributed by atoms with Gasteiger partial charge in [-0.2, -0.15) is 0 Å². The number of aromatic nitrogens is 2. The topological polar surface area (TPSA) is 76.5 Å². The second kappa shape index (κ2) is 9.09. The number of alkyl halides is 2. The molecular weight excluding hydrogens is 413 g/mol. The minimum absolute atomic E-state index is 0.204. The van der Waals surface area contributed by atoms with E-state index in [1.54, 1.807) is 23.4 Å². The van der Waals surface area contributed by atoms with E-state index in [4.69, 9.17) is 4.74 Å². The van der Waals surface area contributed by atoms with Crippen molar-refractivity contribution >= 4 is 11.8 Å². The van der Waals surface area contributed by atoms with Crippen LogP contribution < -0.4 is 5.32 Å². The van der Waals surface area contributed by atoms with Gasteiger partial charge in [0, 0.05) is 19.0 Å². The Hall–Kier alpha value is -2.88. The third-order valence-corrected chi connectivity index (χ3v) is 5.76. The number of rotatable bonds is 5. The third-order valence-electron chi connectivity index (χ3n) is 5.76. The zero-order chi connectivity index (χ0) is 22.0. The maximum Gasteiger partial charge on any atom is 0.274 e. The molecule has 10 heteroatoms. The summed E-state index contributed by atoms with van der Waals surface area (Å²) in [5.41, 5.74) is 1.85. The van der Waals surface area contributed by atoms with Crippen molar-refractivity contribution < 1.29 is 27.5 Å². The van der Waals surface area contributed by atoms with Crippen LogP contribution in [0.15, 0.2) is 30.6 Å². The van der Waals surface area contributed by atoms with Gasteiger partial charge in [0.25, 0.3) is 12.3 Å². The first-order valence-corrected chi connectivity index (χ1v) is 10.2. The molecule has 0 bridgehead atoms. The fourth-order valence-electron chi connectivity index (χ4n) is 4.00. The van der Waals surface area contributed by atoms with Crippen LogP contribution in [0.3, 0.4) is 0 Å². The lowest BCUT2D eigenvalue weighted by atomic mass is 9.95. The van der Waals surface area contributed by atoms with Gasteiger partial charge in [-0.15, -0.1) is 0 Å². The SMILES string of the molecule is O=C(NCC(F)F)C1CCN(C(=O)c2ncn3c2CO[C@H](c2ccc(F)cc2)C3)CC1. The summed E-state index contributed by atoms with van der Waals surface area (Å²) in [6.45, 7) is 0.731. The van der Waals surface area contributed by atoms with Gasteiger partial charge in [0.1, 0.15) is 11.9 Å². The fourth-order valence-corrected chi connectivity index (χ4v) is 4.00. The van der Waals surface area contributed by atoms with E-state index in [9.17, 15) is 22.8 Å². The summed E-state index contributed by atoms with van der Waals surface area (Å²) in [6.07, 6.45) is -0.401. The highest BCUT2D eigenvalue weighted by atomic mass is 19.3. The highest BCUT2D eigenvalue weighted by Crippen LogP contribution is 2.29. The third kappa shape index (κ3) is 4.73. The van der Waals surface area contributed by atoms with Gasteiger partial charge in [-0.1, -0.05) is 12.1 Å². The molecule has 1 aromatic heterocycles. The summed E-state index contributed by atoms with van der Waals surface area (Å²) in [6, 6.07) is 6.12. The van der Waals surface area contributed by atoms with Crippen molar-refractivity contribution in [2.75, 3.05) is 19.6 Å². The van der Waals surface area contributed by atoms with Crippen molar-refractivity contribution in [3.8, 4) is 0 Å². The molecule has 2 amide bonds. The highest BCUT2D eigenvalue weighted by molar-refractivity contribution is 5.93. The molecule has 3 heterocycles.